The molecule has 0 aliphatic rings. The van der Waals surface area contributed by atoms with Gasteiger partial charge in [-0.25, -0.2) is 0 Å². The van der Waals surface area contributed by atoms with Gasteiger partial charge in [0.1, 0.15) is 5.69 Å². The van der Waals surface area contributed by atoms with E-state index < -0.39 is 0 Å². The minimum atomic E-state index is -0.129. The van der Waals surface area contributed by atoms with Crippen LogP contribution in [0.5, 0.6) is 0 Å². The van der Waals surface area contributed by atoms with E-state index in [0.717, 1.165) is 16.6 Å². The summed E-state index contributed by atoms with van der Waals surface area (Å²) in [7, 11) is 1.60. The van der Waals surface area contributed by atoms with E-state index in [1.165, 1.54) is 6.92 Å². The highest BCUT2D eigenvalue weighted by molar-refractivity contribution is 6.00. The van der Waals surface area contributed by atoms with Crippen molar-refractivity contribution in [3.05, 3.63) is 30.0 Å². The second kappa shape index (κ2) is 7.09. The Hall–Kier alpha value is -2.34. The van der Waals surface area contributed by atoms with Gasteiger partial charge in [0.15, 0.2) is 0 Å². The van der Waals surface area contributed by atoms with Crippen LogP contribution in [0.25, 0.3) is 10.9 Å². The summed E-state index contributed by atoms with van der Waals surface area (Å²) < 4.78 is 6.89. The van der Waals surface area contributed by atoms with Crippen molar-refractivity contribution in [1.29, 1.82) is 0 Å². The lowest BCUT2D eigenvalue weighted by Gasteiger charge is -2.08. The van der Waals surface area contributed by atoms with Crippen LogP contribution in [0.3, 0.4) is 0 Å². The molecular weight excluding hydrogens is 282 g/mol. The molecule has 0 radical (unpaired) electrons. The van der Waals surface area contributed by atoms with Crippen LogP contribution < -0.4 is 10.6 Å². The third kappa shape index (κ3) is 3.46. The Balaban J connectivity index is 2.33. The number of carbonyl (C=O) groups excluding carboxylic acids is 2. The molecule has 0 aliphatic heterocycles. The average Bonchev–Trinajstić information content (AvgIpc) is 2.84. The molecule has 1 heterocycles. The Labute approximate surface area is 129 Å². The maximum Gasteiger partial charge on any atom is 0.268 e. The Morgan fingerprint density at radius 1 is 1.27 bits per heavy atom. The maximum atomic E-state index is 12.3. The van der Waals surface area contributed by atoms with Gasteiger partial charge >= 0.3 is 0 Å². The second-order valence-electron chi connectivity index (χ2n) is 4.98. The fraction of sp³-hybridized carbons (Fsp3) is 0.375. The lowest BCUT2D eigenvalue weighted by atomic mass is 10.2. The zero-order chi connectivity index (χ0) is 16.1. The largest absolute Gasteiger partial charge is 0.383 e. The van der Waals surface area contributed by atoms with Gasteiger partial charge in [0.2, 0.25) is 5.91 Å². The van der Waals surface area contributed by atoms with Gasteiger partial charge < -0.3 is 19.9 Å². The van der Waals surface area contributed by atoms with Crippen molar-refractivity contribution in [3.63, 3.8) is 0 Å². The highest BCUT2D eigenvalue weighted by atomic mass is 16.5. The molecule has 2 amide bonds. The third-order valence-electron chi connectivity index (χ3n) is 3.36. The molecule has 1 aromatic carbocycles. The summed E-state index contributed by atoms with van der Waals surface area (Å²) in [5.74, 6) is -0.247. The summed E-state index contributed by atoms with van der Waals surface area (Å²) >= 11 is 0. The molecule has 0 atom stereocenters. The number of hydrogen-bond acceptors (Lipinski definition) is 3. The Bertz CT molecular complexity index is 691. The summed E-state index contributed by atoms with van der Waals surface area (Å²) in [5.41, 5.74) is 2.29. The van der Waals surface area contributed by atoms with Crippen molar-refractivity contribution in [2.45, 2.75) is 20.4 Å². The van der Waals surface area contributed by atoms with E-state index in [0.29, 0.717) is 25.4 Å². The van der Waals surface area contributed by atoms with E-state index in [-0.39, 0.29) is 11.8 Å². The first-order valence-corrected chi connectivity index (χ1v) is 7.24. The average molecular weight is 303 g/mol. The van der Waals surface area contributed by atoms with Crippen LogP contribution in [0.15, 0.2) is 24.3 Å². The van der Waals surface area contributed by atoms with Gasteiger partial charge in [-0.1, -0.05) is 0 Å². The third-order valence-corrected chi connectivity index (χ3v) is 3.36. The molecule has 0 saturated heterocycles. The molecule has 22 heavy (non-hydrogen) atoms. The molecule has 6 nitrogen and oxygen atoms in total. The normalized spacial score (nSPS) is 10.7. The van der Waals surface area contributed by atoms with Gasteiger partial charge in [-0.2, -0.15) is 0 Å². The van der Waals surface area contributed by atoms with E-state index in [1.54, 1.807) is 7.11 Å². The first kappa shape index (κ1) is 16.0. The zero-order valence-corrected chi connectivity index (χ0v) is 13.1. The van der Waals surface area contributed by atoms with Crippen LogP contribution in [0.2, 0.25) is 0 Å². The smallest absolute Gasteiger partial charge is 0.268 e. The quantitative estimate of drug-likeness (QED) is 0.802. The van der Waals surface area contributed by atoms with E-state index in [9.17, 15) is 9.59 Å². The van der Waals surface area contributed by atoms with Gasteiger partial charge in [-0.3, -0.25) is 9.59 Å². The van der Waals surface area contributed by atoms with Crippen LogP contribution >= 0.6 is 0 Å². The molecule has 118 valence electrons. The van der Waals surface area contributed by atoms with Crippen molar-refractivity contribution >= 4 is 28.4 Å². The number of aryl methyl sites for hydroxylation is 1. The molecular formula is C16H21N3O3. The summed E-state index contributed by atoms with van der Waals surface area (Å²) in [5, 5.41) is 6.50. The van der Waals surface area contributed by atoms with Crippen molar-refractivity contribution in [1.82, 2.24) is 9.88 Å². The number of aromatic nitrogens is 1. The number of rotatable bonds is 6. The SMILES string of the molecule is CCn1c(C(=O)NCCOC)cc2cc(NC(C)=O)ccc21. The summed E-state index contributed by atoms with van der Waals surface area (Å²) in [6.45, 7) is 5.10. The minimum Gasteiger partial charge on any atom is -0.383 e. The van der Waals surface area contributed by atoms with E-state index in [4.69, 9.17) is 4.74 Å². The molecule has 2 aromatic rings. The molecule has 0 spiro atoms. The fourth-order valence-electron chi connectivity index (χ4n) is 2.44. The van der Waals surface area contributed by atoms with E-state index in [1.807, 2.05) is 35.8 Å². The summed E-state index contributed by atoms with van der Waals surface area (Å²) in [4.78, 5) is 23.4. The molecule has 0 saturated carbocycles. The van der Waals surface area contributed by atoms with Crippen molar-refractivity contribution < 1.29 is 14.3 Å². The number of nitrogens with one attached hydrogen (secondary N) is 2. The zero-order valence-electron chi connectivity index (χ0n) is 13.1. The number of nitrogens with zero attached hydrogens (tertiary/aromatic N) is 1. The standard InChI is InChI=1S/C16H21N3O3/c1-4-19-14-6-5-13(18-11(2)20)9-12(14)10-15(19)16(21)17-7-8-22-3/h5-6,9-10H,4,7-8H2,1-3H3,(H,17,21)(H,18,20). The molecule has 2 N–H and O–H groups in total. The van der Waals surface area contributed by atoms with Crippen molar-refractivity contribution in [3.8, 4) is 0 Å². The molecule has 0 fully saturated rings. The van der Waals surface area contributed by atoms with Crippen LogP contribution in [-0.4, -0.2) is 36.6 Å². The van der Waals surface area contributed by atoms with Gasteiger partial charge in [-0.15, -0.1) is 0 Å². The molecule has 2 rings (SSSR count). The molecule has 0 aliphatic carbocycles. The van der Waals surface area contributed by atoms with Crippen LogP contribution in [0.4, 0.5) is 5.69 Å². The lowest BCUT2D eigenvalue weighted by Crippen LogP contribution is -2.28. The predicted octanol–water partition coefficient (Wildman–Crippen LogP) is 2.00. The first-order valence-electron chi connectivity index (χ1n) is 7.24. The lowest BCUT2D eigenvalue weighted by molar-refractivity contribution is -0.114. The number of anilines is 1. The van der Waals surface area contributed by atoms with Gasteiger partial charge in [0, 0.05) is 43.7 Å². The predicted molar refractivity (Wildman–Crippen MR) is 86.1 cm³/mol. The Morgan fingerprint density at radius 2 is 2.05 bits per heavy atom. The number of ether oxygens (including phenoxy) is 1. The number of methoxy groups -OCH3 is 1. The highest BCUT2D eigenvalue weighted by Gasteiger charge is 2.14. The van der Waals surface area contributed by atoms with Crippen LogP contribution in [0, 0.1) is 0 Å². The number of amides is 2. The fourth-order valence-corrected chi connectivity index (χ4v) is 2.44. The molecule has 1 aromatic heterocycles. The first-order chi connectivity index (χ1) is 10.6. The van der Waals surface area contributed by atoms with Gasteiger partial charge in [0.05, 0.1) is 6.61 Å². The minimum absolute atomic E-state index is 0.119. The van der Waals surface area contributed by atoms with E-state index >= 15 is 0 Å². The number of fused-ring (bicyclic) bond motifs is 1. The Kier molecular flexibility index (Phi) is 5.16. The number of hydrogen-bond donors (Lipinski definition) is 2. The maximum absolute atomic E-state index is 12.3. The molecule has 6 heteroatoms. The molecule has 0 bridgehead atoms. The number of benzene rings is 1. The topological polar surface area (TPSA) is 72.4 Å². The summed E-state index contributed by atoms with van der Waals surface area (Å²) in [6.07, 6.45) is 0. The second-order valence-corrected chi connectivity index (χ2v) is 4.98. The van der Waals surface area contributed by atoms with E-state index in [2.05, 4.69) is 10.6 Å². The van der Waals surface area contributed by atoms with Crippen LogP contribution in [0.1, 0.15) is 24.3 Å². The molecule has 0 unspecified atom stereocenters. The van der Waals surface area contributed by atoms with Crippen molar-refractivity contribution in [2.75, 3.05) is 25.6 Å². The van der Waals surface area contributed by atoms with Gasteiger partial charge in [-0.05, 0) is 31.2 Å². The van der Waals surface area contributed by atoms with Crippen molar-refractivity contribution in [2.24, 2.45) is 0 Å². The monoisotopic (exact) mass is 303 g/mol. The highest BCUT2D eigenvalue weighted by Crippen LogP contribution is 2.23. The Morgan fingerprint density at radius 3 is 2.68 bits per heavy atom. The van der Waals surface area contributed by atoms with Crippen LogP contribution in [-0.2, 0) is 16.1 Å². The summed E-state index contributed by atoms with van der Waals surface area (Å²) in [6, 6.07) is 7.46. The number of carbonyl (C=O) groups is 2. The van der Waals surface area contributed by atoms with Gasteiger partial charge in [0.25, 0.3) is 5.91 Å².